The van der Waals surface area contributed by atoms with Gasteiger partial charge < -0.3 is 14.7 Å². The molecule has 2 heterocycles. The van der Waals surface area contributed by atoms with Crippen molar-refractivity contribution in [3.63, 3.8) is 0 Å². The third kappa shape index (κ3) is 2.61. The Morgan fingerprint density at radius 3 is 2.71 bits per heavy atom. The molecule has 0 radical (unpaired) electrons. The maximum atomic E-state index is 13.0. The van der Waals surface area contributed by atoms with Gasteiger partial charge in [0.25, 0.3) is 5.91 Å². The molecule has 0 bridgehead atoms. The van der Waals surface area contributed by atoms with E-state index in [0.717, 1.165) is 10.9 Å². The zero-order valence-electron chi connectivity index (χ0n) is 14.1. The number of hydrogen-bond acceptors (Lipinski definition) is 4. The molecule has 130 valence electrons. The van der Waals surface area contributed by atoms with E-state index in [1.165, 1.54) is 0 Å². The number of anilines is 1. The number of ketones is 1. The highest BCUT2D eigenvalue weighted by Crippen LogP contribution is 2.48. The summed E-state index contributed by atoms with van der Waals surface area (Å²) in [6.07, 6.45) is 0.948. The fraction of sp³-hybridized carbons (Fsp3) is 0.556. The highest BCUT2D eigenvalue weighted by molar-refractivity contribution is 9.10. The van der Waals surface area contributed by atoms with Gasteiger partial charge in [-0.1, -0.05) is 22.9 Å². The van der Waals surface area contributed by atoms with Crippen molar-refractivity contribution >= 4 is 33.3 Å². The van der Waals surface area contributed by atoms with Crippen molar-refractivity contribution in [2.24, 2.45) is 5.92 Å². The predicted octanol–water partition coefficient (Wildman–Crippen LogP) is 2.78. The molecule has 1 aromatic carbocycles. The van der Waals surface area contributed by atoms with Crippen molar-refractivity contribution < 1.29 is 19.4 Å². The van der Waals surface area contributed by atoms with Gasteiger partial charge in [0.05, 0.1) is 23.8 Å². The maximum absolute atomic E-state index is 13.0. The van der Waals surface area contributed by atoms with Gasteiger partial charge >= 0.3 is 0 Å². The summed E-state index contributed by atoms with van der Waals surface area (Å²) in [5.74, 6) is -1.45. The number of ether oxygens (including phenoxy) is 1. The van der Waals surface area contributed by atoms with Gasteiger partial charge in [-0.05, 0) is 38.5 Å². The van der Waals surface area contributed by atoms with Crippen LogP contribution in [0.4, 0.5) is 5.69 Å². The number of carbonyl (C=O) groups is 2. The number of benzene rings is 1. The Hall–Kier alpha value is -1.24. The highest BCUT2D eigenvalue weighted by Gasteiger charge is 2.58. The van der Waals surface area contributed by atoms with Gasteiger partial charge in [0.2, 0.25) is 0 Å². The van der Waals surface area contributed by atoms with Crippen molar-refractivity contribution in [2.45, 2.75) is 44.8 Å². The van der Waals surface area contributed by atoms with E-state index in [1.807, 2.05) is 32.9 Å². The number of hydrogen-bond donors (Lipinski definition) is 1. The van der Waals surface area contributed by atoms with Gasteiger partial charge in [0, 0.05) is 23.0 Å². The zero-order valence-corrected chi connectivity index (χ0v) is 15.7. The second-order valence-electron chi connectivity index (χ2n) is 7.15. The summed E-state index contributed by atoms with van der Waals surface area (Å²) in [7, 11) is 0. The molecule has 1 amide bonds. The number of rotatable bonds is 3. The summed E-state index contributed by atoms with van der Waals surface area (Å²) in [5.41, 5.74) is -1.27. The van der Waals surface area contributed by atoms with Crippen LogP contribution in [0.15, 0.2) is 22.7 Å². The van der Waals surface area contributed by atoms with Gasteiger partial charge in [0.1, 0.15) is 5.78 Å². The van der Waals surface area contributed by atoms with E-state index in [1.54, 1.807) is 11.0 Å². The molecule has 1 saturated heterocycles. The van der Waals surface area contributed by atoms with Crippen molar-refractivity contribution in [1.82, 2.24) is 0 Å². The van der Waals surface area contributed by atoms with E-state index in [2.05, 4.69) is 15.9 Å². The summed E-state index contributed by atoms with van der Waals surface area (Å²) in [6, 6.07) is 5.38. The van der Waals surface area contributed by atoms with Crippen LogP contribution in [-0.2, 0) is 19.9 Å². The molecule has 0 aromatic heterocycles. The van der Waals surface area contributed by atoms with Crippen molar-refractivity contribution in [3.05, 3.63) is 28.2 Å². The van der Waals surface area contributed by atoms with E-state index in [4.69, 9.17) is 4.74 Å². The Bertz CT molecular complexity index is 702. The first kappa shape index (κ1) is 17.6. The Labute approximate surface area is 150 Å². The van der Waals surface area contributed by atoms with Crippen LogP contribution in [0.5, 0.6) is 0 Å². The van der Waals surface area contributed by atoms with Crippen LogP contribution in [-0.4, -0.2) is 35.5 Å². The predicted molar refractivity (Wildman–Crippen MR) is 93.8 cm³/mol. The fourth-order valence-electron chi connectivity index (χ4n) is 3.61. The quantitative estimate of drug-likeness (QED) is 0.854. The first-order chi connectivity index (χ1) is 11.2. The van der Waals surface area contributed by atoms with E-state index in [9.17, 15) is 14.7 Å². The second-order valence-corrected chi connectivity index (χ2v) is 8.07. The lowest BCUT2D eigenvalue weighted by atomic mass is 9.76. The topological polar surface area (TPSA) is 66.8 Å². The number of amides is 1. The molecule has 2 aliphatic rings. The molecule has 5 nitrogen and oxygen atoms in total. The summed E-state index contributed by atoms with van der Waals surface area (Å²) in [4.78, 5) is 27.3. The Morgan fingerprint density at radius 1 is 1.38 bits per heavy atom. The van der Waals surface area contributed by atoms with Crippen LogP contribution in [0.3, 0.4) is 0 Å². The summed E-state index contributed by atoms with van der Waals surface area (Å²) in [5, 5.41) is 11.4. The molecule has 1 aromatic rings. The zero-order chi connectivity index (χ0) is 17.7. The normalized spacial score (nSPS) is 29.0. The van der Waals surface area contributed by atoms with Crippen LogP contribution in [0.1, 0.15) is 39.2 Å². The van der Waals surface area contributed by atoms with Gasteiger partial charge in [0.15, 0.2) is 5.60 Å². The van der Waals surface area contributed by atoms with Crippen molar-refractivity contribution in [1.29, 1.82) is 0 Å². The van der Waals surface area contributed by atoms with E-state index >= 15 is 0 Å². The van der Waals surface area contributed by atoms with E-state index in [-0.39, 0.29) is 18.8 Å². The van der Waals surface area contributed by atoms with Crippen LogP contribution < -0.4 is 4.90 Å². The molecule has 1 fully saturated rings. The fourth-order valence-corrected chi connectivity index (χ4v) is 3.97. The summed E-state index contributed by atoms with van der Waals surface area (Å²) < 4.78 is 6.51. The largest absolute Gasteiger partial charge is 0.375 e. The van der Waals surface area contributed by atoms with Crippen molar-refractivity contribution in [3.8, 4) is 0 Å². The molecule has 2 unspecified atom stereocenters. The molecular weight excluding hydrogens is 374 g/mol. The molecule has 0 spiro atoms. The number of Topliss-reactive ketones (excluding diaryl/α,β-unsaturated/α-hetero) is 1. The SMILES string of the molecule is CCCN1C(=O)C(O)(C2COC(C)(C)CC2=O)c2cc(Br)ccc21. The van der Waals surface area contributed by atoms with E-state index in [0.29, 0.717) is 17.8 Å². The minimum atomic E-state index is -1.86. The first-order valence-corrected chi connectivity index (χ1v) is 9.01. The van der Waals surface area contributed by atoms with Crippen LogP contribution in [0.25, 0.3) is 0 Å². The minimum absolute atomic E-state index is 0.0417. The maximum Gasteiger partial charge on any atom is 0.264 e. The minimum Gasteiger partial charge on any atom is -0.375 e. The number of aliphatic hydroxyl groups is 1. The molecule has 2 atom stereocenters. The molecule has 3 rings (SSSR count). The molecule has 0 saturated carbocycles. The van der Waals surface area contributed by atoms with Crippen LogP contribution in [0.2, 0.25) is 0 Å². The molecule has 1 N–H and O–H groups in total. The number of fused-ring (bicyclic) bond motifs is 1. The molecule has 6 heteroatoms. The highest BCUT2D eigenvalue weighted by atomic mass is 79.9. The Balaban J connectivity index is 2.08. The van der Waals surface area contributed by atoms with Gasteiger partial charge in [-0.25, -0.2) is 0 Å². The standard InChI is InChI=1S/C18H22BrNO4/c1-4-7-20-14-6-5-11(19)8-12(14)18(23,16(20)22)13-10-24-17(2,3)9-15(13)21/h5-6,8,13,23H,4,7,9-10H2,1-3H3. The lowest BCUT2D eigenvalue weighted by Crippen LogP contribution is -2.54. The Morgan fingerprint density at radius 2 is 2.08 bits per heavy atom. The lowest BCUT2D eigenvalue weighted by molar-refractivity contribution is -0.172. The Kier molecular flexibility index (Phi) is 4.35. The summed E-state index contributed by atoms with van der Waals surface area (Å²) in [6.45, 7) is 6.20. The van der Waals surface area contributed by atoms with Gasteiger partial charge in [-0.2, -0.15) is 0 Å². The molecule has 24 heavy (non-hydrogen) atoms. The van der Waals surface area contributed by atoms with Crippen molar-refractivity contribution in [2.75, 3.05) is 18.1 Å². The second kappa shape index (κ2) is 5.93. The lowest BCUT2D eigenvalue weighted by Gasteiger charge is -2.39. The van der Waals surface area contributed by atoms with Crippen LogP contribution in [0, 0.1) is 5.92 Å². The molecule has 2 aliphatic heterocycles. The first-order valence-electron chi connectivity index (χ1n) is 8.21. The monoisotopic (exact) mass is 395 g/mol. The molecule has 0 aliphatic carbocycles. The average molecular weight is 396 g/mol. The number of halogens is 1. The third-order valence-corrected chi connectivity index (χ3v) is 5.31. The average Bonchev–Trinajstić information content (AvgIpc) is 2.69. The molecular formula is C18H22BrNO4. The summed E-state index contributed by atoms with van der Waals surface area (Å²) >= 11 is 3.40. The third-order valence-electron chi connectivity index (χ3n) is 4.81. The van der Waals surface area contributed by atoms with Gasteiger partial charge in [-0.3, -0.25) is 9.59 Å². The number of carbonyl (C=O) groups excluding carboxylic acids is 2. The number of nitrogens with zero attached hydrogens (tertiary/aromatic N) is 1. The van der Waals surface area contributed by atoms with Crippen LogP contribution >= 0.6 is 15.9 Å². The smallest absolute Gasteiger partial charge is 0.264 e. The van der Waals surface area contributed by atoms with E-state index < -0.39 is 23.0 Å². The van der Waals surface area contributed by atoms with Gasteiger partial charge in [-0.15, -0.1) is 0 Å².